The molecule has 2 aromatic heterocycles. The smallest absolute Gasteiger partial charge is 0.259 e. The van der Waals surface area contributed by atoms with Crippen LogP contribution in [0.3, 0.4) is 0 Å². The molecule has 10 heteroatoms. The van der Waals surface area contributed by atoms with Crippen LogP contribution < -0.4 is 9.47 Å². The van der Waals surface area contributed by atoms with E-state index in [0.29, 0.717) is 50.1 Å². The Kier molecular flexibility index (Phi) is 5.61. The molecule has 162 valence electrons. The minimum absolute atomic E-state index is 0.0365. The predicted octanol–water partition coefficient (Wildman–Crippen LogP) is 0.862. The van der Waals surface area contributed by atoms with Crippen LogP contribution in [-0.4, -0.2) is 80.0 Å². The average Bonchev–Trinajstić information content (AvgIpc) is 3.35. The molecule has 1 amide bonds. The highest BCUT2D eigenvalue weighted by molar-refractivity contribution is 5.96. The number of β-amino-alcohol motifs (C(OH)–C–C–N with tert-alkyl or cyclic N) is 1. The highest BCUT2D eigenvalue weighted by Crippen LogP contribution is 2.34. The van der Waals surface area contributed by atoms with Crippen LogP contribution in [0, 0.1) is 0 Å². The third-order valence-electron chi connectivity index (χ3n) is 5.82. The van der Waals surface area contributed by atoms with Crippen molar-refractivity contribution in [3.05, 3.63) is 29.3 Å². The number of pyridine rings is 1. The number of fused-ring (bicyclic) bond motifs is 1. The summed E-state index contributed by atoms with van der Waals surface area (Å²) in [6.45, 7) is 6.37. The summed E-state index contributed by atoms with van der Waals surface area (Å²) in [5.41, 5.74) is 0.386. The Hall–Kier alpha value is -2.72. The number of aliphatic hydroxyl groups excluding tert-OH is 1. The topological polar surface area (TPSA) is 106 Å². The lowest BCUT2D eigenvalue weighted by atomic mass is 10.1. The second kappa shape index (κ2) is 8.19. The molecule has 1 saturated heterocycles. The van der Waals surface area contributed by atoms with E-state index in [4.69, 9.17) is 9.47 Å². The van der Waals surface area contributed by atoms with Gasteiger partial charge in [0, 0.05) is 31.7 Å². The minimum atomic E-state index is -0.359. The van der Waals surface area contributed by atoms with Crippen molar-refractivity contribution < 1.29 is 19.4 Å². The Morgan fingerprint density at radius 2 is 2.00 bits per heavy atom. The first-order valence-corrected chi connectivity index (χ1v) is 10.2. The lowest BCUT2D eigenvalue weighted by Gasteiger charge is -2.31. The van der Waals surface area contributed by atoms with Crippen LogP contribution in [0.25, 0.3) is 0 Å². The summed E-state index contributed by atoms with van der Waals surface area (Å²) in [6.07, 6.45) is 0.287. The summed E-state index contributed by atoms with van der Waals surface area (Å²) in [4.78, 5) is 21.3. The van der Waals surface area contributed by atoms with Crippen molar-refractivity contribution in [2.45, 2.75) is 51.5 Å². The van der Waals surface area contributed by atoms with Gasteiger partial charge in [-0.05, 0) is 26.3 Å². The van der Waals surface area contributed by atoms with Crippen molar-refractivity contribution in [2.75, 3.05) is 27.3 Å². The number of ether oxygens (including phenoxy) is 2. The highest BCUT2D eigenvalue weighted by atomic mass is 16.5. The van der Waals surface area contributed by atoms with Crippen molar-refractivity contribution in [1.82, 2.24) is 29.5 Å². The Morgan fingerprint density at radius 1 is 1.20 bits per heavy atom. The largest absolute Gasteiger partial charge is 0.481 e. The first kappa shape index (κ1) is 20.5. The van der Waals surface area contributed by atoms with Crippen LogP contribution in [0.4, 0.5) is 0 Å². The molecule has 0 aromatic carbocycles. The fourth-order valence-corrected chi connectivity index (χ4v) is 4.29. The maximum absolute atomic E-state index is 13.1. The van der Waals surface area contributed by atoms with Crippen LogP contribution in [-0.2, 0) is 13.1 Å². The van der Waals surface area contributed by atoms with Gasteiger partial charge < -0.3 is 24.0 Å². The van der Waals surface area contributed by atoms with Crippen LogP contribution >= 0.6 is 0 Å². The number of hydrogen-bond acceptors (Lipinski definition) is 8. The number of carbonyl (C=O) groups excluding carboxylic acids is 1. The Bertz CT molecular complexity index is 930. The number of likely N-dealkylation sites (tertiary alicyclic amines) is 1. The van der Waals surface area contributed by atoms with Gasteiger partial charge in [0.15, 0.2) is 11.6 Å². The molecule has 2 atom stereocenters. The Labute approximate surface area is 175 Å². The van der Waals surface area contributed by atoms with E-state index in [1.807, 2.05) is 0 Å². The van der Waals surface area contributed by atoms with Gasteiger partial charge >= 0.3 is 0 Å². The summed E-state index contributed by atoms with van der Waals surface area (Å²) < 4.78 is 12.5. The van der Waals surface area contributed by atoms with Crippen molar-refractivity contribution in [2.24, 2.45) is 0 Å². The third kappa shape index (κ3) is 3.61. The lowest BCUT2D eigenvalue weighted by Crippen LogP contribution is -2.40. The zero-order valence-corrected chi connectivity index (χ0v) is 17.8. The van der Waals surface area contributed by atoms with Gasteiger partial charge in [0.1, 0.15) is 5.56 Å². The van der Waals surface area contributed by atoms with Crippen LogP contribution in [0.2, 0.25) is 0 Å². The van der Waals surface area contributed by atoms with E-state index in [2.05, 4.69) is 38.5 Å². The predicted molar refractivity (Wildman–Crippen MR) is 107 cm³/mol. The van der Waals surface area contributed by atoms with Crippen molar-refractivity contribution in [3.8, 4) is 11.8 Å². The number of methoxy groups -OCH3 is 2. The second-order valence-electron chi connectivity index (χ2n) is 7.96. The van der Waals surface area contributed by atoms with Gasteiger partial charge in [0.2, 0.25) is 11.8 Å². The average molecular weight is 416 g/mol. The van der Waals surface area contributed by atoms with Gasteiger partial charge in [-0.3, -0.25) is 9.69 Å². The fraction of sp³-hybridized carbons (Fsp3) is 0.600. The number of hydrogen-bond donors (Lipinski definition) is 1. The summed E-state index contributed by atoms with van der Waals surface area (Å²) >= 11 is 0. The van der Waals surface area contributed by atoms with Crippen molar-refractivity contribution >= 4 is 5.91 Å². The molecule has 0 aliphatic carbocycles. The summed E-state index contributed by atoms with van der Waals surface area (Å²) in [6, 6.07) is 3.65. The van der Waals surface area contributed by atoms with Gasteiger partial charge in [-0.15, -0.1) is 10.2 Å². The van der Waals surface area contributed by atoms with E-state index in [0.717, 1.165) is 11.6 Å². The van der Waals surface area contributed by atoms with Gasteiger partial charge in [-0.1, -0.05) is 0 Å². The number of carbonyl (C=O) groups is 1. The number of nitrogens with zero attached hydrogens (tertiary/aromatic N) is 6. The quantitative estimate of drug-likeness (QED) is 0.765. The molecule has 2 aliphatic rings. The summed E-state index contributed by atoms with van der Waals surface area (Å²) in [7, 11) is 3.00. The molecular weight excluding hydrogens is 388 g/mol. The first-order chi connectivity index (χ1) is 14.4. The Balaban J connectivity index is 1.55. The summed E-state index contributed by atoms with van der Waals surface area (Å²) in [5.74, 6) is 2.07. The van der Waals surface area contributed by atoms with E-state index >= 15 is 0 Å². The molecule has 4 rings (SSSR count). The minimum Gasteiger partial charge on any atom is -0.481 e. The van der Waals surface area contributed by atoms with E-state index in [9.17, 15) is 9.90 Å². The lowest BCUT2D eigenvalue weighted by molar-refractivity contribution is 0.0699. The Morgan fingerprint density at radius 3 is 2.70 bits per heavy atom. The SMILES string of the molecule is COc1ccc(C(=O)N2CCn3c(nnc3[C@@H]3C[C@@H](O)CN3C(C)C)C2)c(OC)n1. The molecule has 0 spiro atoms. The van der Waals surface area contributed by atoms with E-state index in [1.54, 1.807) is 17.0 Å². The van der Waals surface area contributed by atoms with Crippen LogP contribution in [0.5, 0.6) is 11.8 Å². The molecule has 2 aromatic rings. The zero-order valence-electron chi connectivity index (χ0n) is 17.8. The van der Waals surface area contributed by atoms with E-state index in [1.165, 1.54) is 14.2 Å². The third-order valence-corrected chi connectivity index (χ3v) is 5.82. The van der Waals surface area contributed by atoms with Gasteiger partial charge in [-0.2, -0.15) is 4.98 Å². The van der Waals surface area contributed by atoms with E-state index < -0.39 is 0 Å². The molecule has 0 saturated carbocycles. The maximum atomic E-state index is 13.1. The molecule has 0 unspecified atom stereocenters. The standard InChI is InChI=1S/C20H28N6O4/c1-12(2)26-10-13(27)9-15(26)18-23-22-16-11-24(7-8-25(16)18)20(28)14-5-6-17(29-3)21-19(14)30-4/h5-6,12-13,15,27H,7-11H2,1-4H3/t13-,15+/m1/s1. The number of aromatic nitrogens is 4. The zero-order chi connectivity index (χ0) is 21.4. The van der Waals surface area contributed by atoms with Gasteiger partial charge in [0.05, 0.1) is 32.9 Å². The maximum Gasteiger partial charge on any atom is 0.259 e. The fourth-order valence-electron chi connectivity index (χ4n) is 4.29. The molecule has 2 aliphatic heterocycles. The summed E-state index contributed by atoms with van der Waals surface area (Å²) in [5, 5.41) is 19.0. The molecule has 0 bridgehead atoms. The molecule has 4 heterocycles. The first-order valence-electron chi connectivity index (χ1n) is 10.2. The number of amides is 1. The van der Waals surface area contributed by atoms with Gasteiger partial charge in [-0.25, -0.2) is 0 Å². The van der Waals surface area contributed by atoms with Crippen molar-refractivity contribution in [1.29, 1.82) is 0 Å². The van der Waals surface area contributed by atoms with Crippen LogP contribution in [0.15, 0.2) is 12.1 Å². The normalized spacial score (nSPS) is 21.7. The highest BCUT2D eigenvalue weighted by Gasteiger charge is 2.38. The van der Waals surface area contributed by atoms with Gasteiger partial charge in [0.25, 0.3) is 5.91 Å². The van der Waals surface area contributed by atoms with Crippen LogP contribution in [0.1, 0.15) is 48.3 Å². The number of aliphatic hydroxyl groups is 1. The monoisotopic (exact) mass is 416 g/mol. The van der Waals surface area contributed by atoms with E-state index in [-0.39, 0.29) is 23.9 Å². The molecule has 0 radical (unpaired) electrons. The number of rotatable bonds is 5. The molecule has 1 fully saturated rings. The second-order valence-corrected chi connectivity index (χ2v) is 7.96. The molecule has 10 nitrogen and oxygen atoms in total. The van der Waals surface area contributed by atoms with Crippen molar-refractivity contribution in [3.63, 3.8) is 0 Å². The molecular formula is C20H28N6O4. The molecule has 1 N–H and O–H groups in total. The molecule has 30 heavy (non-hydrogen) atoms.